The molecular formula is C27H36BN3O5. The third kappa shape index (κ3) is 5.46. The molecule has 0 radical (unpaired) electrons. The van der Waals surface area contributed by atoms with E-state index in [1.54, 1.807) is 24.3 Å². The van der Waals surface area contributed by atoms with Crippen molar-refractivity contribution in [3.05, 3.63) is 68.8 Å². The molecule has 2 aromatic carbocycles. The number of rotatable bonds is 5. The van der Waals surface area contributed by atoms with Crippen LogP contribution >= 0.6 is 0 Å². The van der Waals surface area contributed by atoms with E-state index in [2.05, 4.69) is 5.43 Å². The molecule has 2 amide bonds. The third-order valence-electron chi connectivity index (χ3n) is 6.97. The predicted octanol–water partition coefficient (Wildman–Crippen LogP) is 4.83. The quantitative estimate of drug-likeness (QED) is 0.365. The summed E-state index contributed by atoms with van der Waals surface area (Å²) < 4.78 is 5.98. The van der Waals surface area contributed by atoms with Gasteiger partial charge in [-0.1, -0.05) is 57.9 Å². The summed E-state index contributed by atoms with van der Waals surface area (Å²) in [6.45, 7) is 17.4. The lowest BCUT2D eigenvalue weighted by molar-refractivity contribution is -0.383. The molecule has 1 N–H and O–H groups in total. The Bertz CT molecular complexity index is 1200. The molecule has 8 nitrogen and oxygen atoms in total. The average Bonchev–Trinajstić information content (AvgIpc) is 2.74. The van der Waals surface area contributed by atoms with Gasteiger partial charge in [-0.3, -0.25) is 25.1 Å². The van der Waals surface area contributed by atoms with Gasteiger partial charge in [-0.2, -0.15) is 0 Å². The van der Waals surface area contributed by atoms with E-state index in [9.17, 15) is 19.7 Å². The number of carbonyl (C=O) groups is 2. The van der Waals surface area contributed by atoms with Crippen LogP contribution < -0.4 is 10.9 Å². The molecule has 1 heterocycles. The first-order valence-electron chi connectivity index (χ1n) is 12.1. The van der Waals surface area contributed by atoms with Crippen molar-refractivity contribution in [2.75, 3.05) is 6.54 Å². The van der Waals surface area contributed by atoms with Gasteiger partial charge in [-0.05, 0) is 51.3 Å². The van der Waals surface area contributed by atoms with Gasteiger partial charge in [0.25, 0.3) is 17.5 Å². The van der Waals surface area contributed by atoms with Gasteiger partial charge in [0.1, 0.15) is 0 Å². The Labute approximate surface area is 213 Å². The summed E-state index contributed by atoms with van der Waals surface area (Å²) in [7, 11) is 0. The molecule has 0 aliphatic carbocycles. The molecule has 2 aromatic rings. The smallest absolute Gasteiger partial charge is 0.342 e. The molecule has 0 bridgehead atoms. The van der Waals surface area contributed by atoms with Crippen LogP contribution in [-0.4, -0.2) is 40.8 Å². The molecule has 1 aliphatic heterocycles. The highest BCUT2D eigenvalue weighted by Crippen LogP contribution is 2.53. The number of hydrazine groups is 1. The Kier molecular flexibility index (Phi) is 7.12. The SMILES string of the molecule is Cc1cc(C)cc(C(=O)N(CC(C)(C)C)NC(=O)c2ccc(B3OC(C)(C)C3(C)C)c([N+](=O)[O-])c2)c1. The van der Waals surface area contributed by atoms with E-state index in [4.69, 9.17) is 4.65 Å². The summed E-state index contributed by atoms with van der Waals surface area (Å²) in [5.74, 6) is -0.941. The van der Waals surface area contributed by atoms with E-state index in [0.29, 0.717) is 11.0 Å². The molecule has 1 aliphatic rings. The van der Waals surface area contributed by atoms with Crippen molar-refractivity contribution >= 4 is 29.9 Å². The number of nitrogens with zero attached hydrogens (tertiary/aromatic N) is 2. The number of nitrogens with one attached hydrogen (secondary N) is 1. The second kappa shape index (κ2) is 9.35. The largest absolute Gasteiger partial charge is 0.425 e. The second-order valence-electron chi connectivity index (χ2n) is 12.0. The fourth-order valence-corrected chi connectivity index (χ4v) is 4.45. The van der Waals surface area contributed by atoms with E-state index in [0.717, 1.165) is 11.1 Å². The lowest BCUT2D eigenvalue weighted by atomic mass is 9.33. The van der Waals surface area contributed by atoms with Crippen LogP contribution in [0.5, 0.6) is 0 Å². The van der Waals surface area contributed by atoms with Crippen LogP contribution in [0.15, 0.2) is 36.4 Å². The normalized spacial score (nSPS) is 16.2. The van der Waals surface area contributed by atoms with Gasteiger partial charge in [0.15, 0.2) is 0 Å². The van der Waals surface area contributed by atoms with Crippen molar-refractivity contribution in [3.63, 3.8) is 0 Å². The molecule has 1 saturated heterocycles. The number of nitro benzene ring substituents is 1. The van der Waals surface area contributed by atoms with Gasteiger partial charge in [0, 0.05) is 40.1 Å². The Morgan fingerprint density at radius 3 is 2.08 bits per heavy atom. The maximum Gasteiger partial charge on any atom is 0.342 e. The lowest BCUT2D eigenvalue weighted by Crippen LogP contribution is -2.66. The monoisotopic (exact) mass is 493 g/mol. The first-order valence-corrected chi connectivity index (χ1v) is 12.1. The Morgan fingerprint density at radius 1 is 1.03 bits per heavy atom. The zero-order chi connectivity index (χ0) is 27.2. The van der Waals surface area contributed by atoms with Crippen molar-refractivity contribution in [1.29, 1.82) is 0 Å². The van der Waals surface area contributed by atoms with E-state index in [1.807, 2.05) is 68.4 Å². The molecule has 1 fully saturated rings. The zero-order valence-electron chi connectivity index (χ0n) is 22.7. The number of nitro groups is 1. The summed E-state index contributed by atoms with van der Waals surface area (Å²) in [4.78, 5) is 38.0. The minimum atomic E-state index is -0.597. The molecule has 0 aromatic heterocycles. The summed E-state index contributed by atoms with van der Waals surface area (Å²) in [5.41, 5.74) is 4.64. The first kappa shape index (κ1) is 27.4. The van der Waals surface area contributed by atoms with E-state index in [-0.39, 0.29) is 34.4 Å². The van der Waals surface area contributed by atoms with Gasteiger partial charge < -0.3 is 4.65 Å². The maximum atomic E-state index is 13.4. The van der Waals surface area contributed by atoms with Gasteiger partial charge in [-0.15, -0.1) is 0 Å². The van der Waals surface area contributed by atoms with E-state index >= 15 is 0 Å². The number of aryl methyl sites for hydroxylation is 2. The standard InChI is InChI=1S/C27H36BN3O5/c1-17-12-18(2)14-20(13-17)24(33)30(16-25(3,4)5)29-23(32)19-10-11-21(22(15-19)31(34)35)28-26(6,7)27(8,9)36-28/h10-15H,16H2,1-9H3,(H,29,32). The summed E-state index contributed by atoms with van der Waals surface area (Å²) in [6, 6.07) is 9.90. The number of hydrogen-bond donors (Lipinski definition) is 1. The van der Waals surface area contributed by atoms with Crippen molar-refractivity contribution in [2.45, 2.75) is 73.2 Å². The number of amides is 2. The Balaban J connectivity index is 1.92. The maximum absolute atomic E-state index is 13.4. The highest BCUT2D eigenvalue weighted by atomic mass is 16.6. The molecular weight excluding hydrogens is 457 g/mol. The van der Waals surface area contributed by atoms with Gasteiger partial charge in [0.2, 0.25) is 0 Å². The third-order valence-corrected chi connectivity index (χ3v) is 6.97. The summed E-state index contributed by atoms with van der Waals surface area (Å²) in [5, 5.41) is 12.9. The molecule has 0 saturated carbocycles. The second-order valence-corrected chi connectivity index (χ2v) is 12.0. The van der Waals surface area contributed by atoms with E-state index < -0.39 is 23.3 Å². The first-order chi connectivity index (χ1) is 16.4. The fourth-order valence-electron chi connectivity index (χ4n) is 4.45. The Hall–Kier alpha value is -3.20. The summed E-state index contributed by atoms with van der Waals surface area (Å²) >= 11 is 0. The number of carbonyl (C=O) groups excluding carboxylic acids is 2. The zero-order valence-corrected chi connectivity index (χ0v) is 22.7. The van der Waals surface area contributed by atoms with Crippen LogP contribution in [0.4, 0.5) is 5.69 Å². The molecule has 0 spiro atoms. The van der Waals surface area contributed by atoms with Crippen LogP contribution in [0.3, 0.4) is 0 Å². The minimum absolute atomic E-state index is 0.0916. The van der Waals surface area contributed by atoms with Crippen molar-refractivity contribution in [3.8, 4) is 0 Å². The minimum Gasteiger partial charge on any atom is -0.425 e. The van der Waals surface area contributed by atoms with Gasteiger partial charge >= 0.3 is 6.92 Å². The number of hydrogen-bond acceptors (Lipinski definition) is 5. The lowest BCUT2D eigenvalue weighted by Gasteiger charge is -2.56. The van der Waals surface area contributed by atoms with Crippen molar-refractivity contribution < 1.29 is 19.2 Å². The fraction of sp³-hybridized carbons (Fsp3) is 0.481. The molecule has 192 valence electrons. The van der Waals surface area contributed by atoms with E-state index in [1.165, 1.54) is 11.1 Å². The molecule has 0 atom stereocenters. The average molecular weight is 493 g/mol. The van der Waals surface area contributed by atoms with Crippen LogP contribution in [-0.2, 0) is 4.65 Å². The summed E-state index contributed by atoms with van der Waals surface area (Å²) in [6.07, 6.45) is 0. The Morgan fingerprint density at radius 2 is 1.61 bits per heavy atom. The molecule has 9 heteroatoms. The topological polar surface area (TPSA) is 102 Å². The van der Waals surface area contributed by atoms with Crippen molar-refractivity contribution in [1.82, 2.24) is 10.4 Å². The highest BCUT2D eigenvalue weighted by Gasteiger charge is 2.60. The molecule has 0 unspecified atom stereocenters. The molecule has 36 heavy (non-hydrogen) atoms. The van der Waals surface area contributed by atoms with Crippen LogP contribution in [0.25, 0.3) is 0 Å². The van der Waals surface area contributed by atoms with Gasteiger partial charge in [-0.25, -0.2) is 5.01 Å². The molecule has 3 rings (SSSR count). The highest BCUT2D eigenvalue weighted by molar-refractivity contribution is 6.74. The van der Waals surface area contributed by atoms with Crippen LogP contribution in [0.1, 0.15) is 80.3 Å². The van der Waals surface area contributed by atoms with Crippen molar-refractivity contribution in [2.24, 2.45) is 5.41 Å². The predicted molar refractivity (Wildman–Crippen MR) is 142 cm³/mol. The number of benzene rings is 2. The van der Waals surface area contributed by atoms with Crippen LogP contribution in [0.2, 0.25) is 5.31 Å². The van der Waals surface area contributed by atoms with Crippen LogP contribution in [0, 0.1) is 29.4 Å². The van der Waals surface area contributed by atoms with Gasteiger partial charge in [0.05, 0.1) is 4.92 Å².